The van der Waals surface area contributed by atoms with E-state index in [4.69, 9.17) is 4.74 Å². The third kappa shape index (κ3) is 3.50. The molecule has 3 rings (SSSR count). The van der Waals surface area contributed by atoms with Crippen molar-refractivity contribution in [2.75, 3.05) is 6.61 Å². The average molecular weight is 343 g/mol. The number of H-pyrrole nitrogens is 1. The summed E-state index contributed by atoms with van der Waals surface area (Å²) in [5, 5.41) is 0. The molecule has 0 bridgehead atoms. The van der Waals surface area contributed by atoms with Crippen LogP contribution in [0.4, 0.5) is 4.39 Å². The first-order valence-corrected chi connectivity index (χ1v) is 8.68. The molecule has 0 saturated heterocycles. The van der Waals surface area contributed by atoms with Crippen LogP contribution in [0.2, 0.25) is 0 Å². The Morgan fingerprint density at radius 3 is 2.68 bits per heavy atom. The fourth-order valence-corrected chi connectivity index (χ4v) is 3.39. The highest BCUT2D eigenvalue weighted by atomic mass is 19.1. The molecule has 1 aliphatic carbocycles. The molecule has 1 unspecified atom stereocenters. The molecule has 1 aliphatic rings. The summed E-state index contributed by atoms with van der Waals surface area (Å²) in [6, 6.07) is 6.25. The van der Waals surface area contributed by atoms with Crippen LogP contribution in [0.1, 0.15) is 69.8 Å². The number of aromatic amines is 1. The van der Waals surface area contributed by atoms with Gasteiger partial charge in [-0.1, -0.05) is 25.5 Å². The van der Waals surface area contributed by atoms with Crippen molar-refractivity contribution >= 4 is 11.8 Å². The number of fused-ring (bicyclic) bond motifs is 1. The smallest absolute Gasteiger partial charge is 0.355 e. The molecule has 1 atom stereocenters. The quantitative estimate of drug-likeness (QED) is 0.649. The largest absolute Gasteiger partial charge is 0.461 e. The fourth-order valence-electron chi connectivity index (χ4n) is 3.39. The molecule has 0 radical (unpaired) electrons. The topological polar surface area (TPSA) is 59.2 Å². The number of halogens is 1. The number of aromatic nitrogens is 1. The molecule has 132 valence electrons. The van der Waals surface area contributed by atoms with Gasteiger partial charge in [-0.05, 0) is 48.9 Å². The molecule has 0 saturated carbocycles. The molecule has 2 aromatic rings. The van der Waals surface area contributed by atoms with Crippen LogP contribution in [0.15, 0.2) is 24.3 Å². The number of ether oxygens (including phenoxy) is 1. The lowest BCUT2D eigenvalue weighted by molar-refractivity contribution is 0.0492. The maximum Gasteiger partial charge on any atom is 0.355 e. The fraction of sp³-hybridized carbons (Fsp3) is 0.400. The molecular formula is C20H22FNO3. The number of nitrogens with one attached hydrogen (secondary N) is 1. The van der Waals surface area contributed by atoms with Crippen LogP contribution in [-0.4, -0.2) is 23.3 Å². The van der Waals surface area contributed by atoms with Crippen molar-refractivity contribution in [3.8, 4) is 0 Å². The number of hydrogen-bond acceptors (Lipinski definition) is 3. The van der Waals surface area contributed by atoms with Gasteiger partial charge in [-0.2, -0.15) is 0 Å². The Morgan fingerprint density at radius 2 is 2.00 bits per heavy atom. The lowest BCUT2D eigenvalue weighted by Crippen LogP contribution is -2.18. The van der Waals surface area contributed by atoms with Crippen LogP contribution >= 0.6 is 0 Å². The summed E-state index contributed by atoms with van der Waals surface area (Å²) >= 11 is 0. The maximum absolute atomic E-state index is 13.1. The van der Waals surface area contributed by atoms with Crippen LogP contribution in [0.3, 0.4) is 0 Å². The van der Waals surface area contributed by atoms with Gasteiger partial charge in [0, 0.05) is 17.7 Å². The summed E-state index contributed by atoms with van der Waals surface area (Å²) in [5.41, 5.74) is 3.35. The highest BCUT2D eigenvalue weighted by molar-refractivity contribution is 6.03. The maximum atomic E-state index is 13.1. The van der Waals surface area contributed by atoms with Crippen molar-refractivity contribution in [2.24, 2.45) is 0 Å². The van der Waals surface area contributed by atoms with Gasteiger partial charge in [0.1, 0.15) is 11.5 Å². The molecule has 0 spiro atoms. The van der Waals surface area contributed by atoms with Gasteiger partial charge in [0.2, 0.25) is 0 Å². The molecule has 25 heavy (non-hydrogen) atoms. The number of ketones is 1. The molecule has 0 amide bonds. The summed E-state index contributed by atoms with van der Waals surface area (Å²) < 4.78 is 18.4. The number of carbonyl (C=O) groups is 2. The van der Waals surface area contributed by atoms with Crippen molar-refractivity contribution in [3.63, 3.8) is 0 Å². The van der Waals surface area contributed by atoms with E-state index in [2.05, 4.69) is 4.98 Å². The van der Waals surface area contributed by atoms with E-state index in [1.54, 1.807) is 19.1 Å². The van der Waals surface area contributed by atoms with E-state index >= 15 is 0 Å². The minimum atomic E-state index is -0.411. The average Bonchev–Trinajstić information content (AvgIpc) is 2.93. The third-order valence-electron chi connectivity index (χ3n) is 4.77. The normalized spacial score (nSPS) is 16.6. The lowest BCUT2D eigenvalue weighted by atomic mass is 9.81. The molecule has 4 nitrogen and oxygen atoms in total. The number of rotatable bonds is 5. The first kappa shape index (κ1) is 17.4. The van der Waals surface area contributed by atoms with Gasteiger partial charge in [-0.25, -0.2) is 9.18 Å². The summed E-state index contributed by atoms with van der Waals surface area (Å²) in [6.45, 7) is 4.19. The number of benzene rings is 1. The number of carbonyl (C=O) groups excluding carboxylic acids is 2. The van der Waals surface area contributed by atoms with E-state index in [1.165, 1.54) is 12.1 Å². The highest BCUT2D eigenvalue weighted by Gasteiger charge is 2.32. The predicted octanol–water partition coefficient (Wildman–Crippen LogP) is 4.33. The number of Topliss-reactive ketones (excluding diaryl/α,β-unsaturated/α-hetero) is 1. The third-order valence-corrected chi connectivity index (χ3v) is 4.77. The minimum Gasteiger partial charge on any atom is -0.461 e. The van der Waals surface area contributed by atoms with Crippen molar-refractivity contribution in [1.82, 2.24) is 4.98 Å². The van der Waals surface area contributed by atoms with Gasteiger partial charge in [0.25, 0.3) is 0 Å². The van der Waals surface area contributed by atoms with Gasteiger partial charge in [0.05, 0.1) is 6.61 Å². The summed E-state index contributed by atoms with van der Waals surface area (Å²) in [5.74, 6) is -0.703. The predicted molar refractivity (Wildman–Crippen MR) is 92.5 cm³/mol. The van der Waals surface area contributed by atoms with E-state index in [1.807, 2.05) is 6.92 Å². The second-order valence-corrected chi connectivity index (χ2v) is 6.55. The van der Waals surface area contributed by atoms with Crippen LogP contribution < -0.4 is 0 Å². The van der Waals surface area contributed by atoms with Crippen molar-refractivity contribution in [3.05, 3.63) is 58.2 Å². The van der Waals surface area contributed by atoms with Crippen molar-refractivity contribution in [2.45, 2.75) is 45.4 Å². The molecular weight excluding hydrogens is 321 g/mol. The Morgan fingerprint density at radius 1 is 1.28 bits per heavy atom. The number of esters is 1. The van der Waals surface area contributed by atoms with Crippen LogP contribution in [0.25, 0.3) is 0 Å². The van der Waals surface area contributed by atoms with Gasteiger partial charge in [0.15, 0.2) is 5.78 Å². The zero-order valence-corrected chi connectivity index (χ0v) is 14.5. The van der Waals surface area contributed by atoms with Crippen molar-refractivity contribution < 1.29 is 18.7 Å². The second kappa shape index (κ2) is 7.21. The Bertz CT molecular complexity index is 792. The van der Waals surface area contributed by atoms with Gasteiger partial charge >= 0.3 is 5.97 Å². The monoisotopic (exact) mass is 343 g/mol. The summed E-state index contributed by atoms with van der Waals surface area (Å²) in [7, 11) is 0. The number of unbranched alkanes of at least 4 members (excludes halogenated alkanes) is 1. The van der Waals surface area contributed by atoms with E-state index in [-0.39, 0.29) is 17.5 Å². The highest BCUT2D eigenvalue weighted by Crippen LogP contribution is 2.35. The lowest BCUT2D eigenvalue weighted by Gasteiger charge is -2.22. The van der Waals surface area contributed by atoms with Crippen molar-refractivity contribution in [1.29, 1.82) is 0 Å². The van der Waals surface area contributed by atoms with Crippen LogP contribution in [0, 0.1) is 12.7 Å². The van der Waals surface area contributed by atoms with E-state index < -0.39 is 5.97 Å². The van der Waals surface area contributed by atoms with E-state index in [0.717, 1.165) is 24.1 Å². The Labute approximate surface area is 146 Å². The van der Waals surface area contributed by atoms with Crippen LogP contribution in [0.5, 0.6) is 0 Å². The number of hydrogen-bond donors (Lipinski definition) is 1. The summed E-state index contributed by atoms with van der Waals surface area (Å²) in [6.07, 6.45) is 2.75. The van der Waals surface area contributed by atoms with E-state index in [9.17, 15) is 14.0 Å². The first-order chi connectivity index (χ1) is 12.0. The Hall–Kier alpha value is -2.43. The van der Waals surface area contributed by atoms with Gasteiger partial charge in [-0.3, -0.25) is 4.79 Å². The summed E-state index contributed by atoms with van der Waals surface area (Å²) in [4.78, 5) is 28.0. The Balaban J connectivity index is 1.84. The molecule has 1 aromatic carbocycles. The minimum absolute atomic E-state index is 0.0110. The molecule has 1 aromatic heterocycles. The van der Waals surface area contributed by atoms with Gasteiger partial charge in [-0.15, -0.1) is 0 Å². The van der Waals surface area contributed by atoms with Gasteiger partial charge < -0.3 is 9.72 Å². The zero-order valence-electron chi connectivity index (χ0n) is 14.5. The molecule has 0 aliphatic heterocycles. The molecule has 1 N–H and O–H groups in total. The van der Waals surface area contributed by atoms with E-state index in [0.29, 0.717) is 36.3 Å². The van der Waals surface area contributed by atoms with Crippen LogP contribution in [-0.2, 0) is 11.2 Å². The molecule has 1 heterocycles. The zero-order chi connectivity index (χ0) is 18.0. The molecule has 5 heteroatoms. The molecule has 0 fully saturated rings. The standard InChI is InChI=1S/C20H22FNO3/c1-3-4-9-25-20(24)19-12(2)18-16(22-19)10-14(11-17(18)23)13-5-7-15(21)8-6-13/h5-8,14,22H,3-4,9-11H2,1-2H3. The SMILES string of the molecule is CCCCOC(=O)c1[nH]c2c(c1C)C(=O)CC(c1ccc(F)cc1)C2. The second-order valence-electron chi connectivity index (χ2n) is 6.55. The first-order valence-electron chi connectivity index (χ1n) is 8.68. The Kier molecular flexibility index (Phi) is 5.02.